The minimum Gasteiger partial charge on any atom is -0.344 e. The molecule has 0 bridgehead atoms. The Hall–Kier alpha value is -1.78. The van der Waals surface area contributed by atoms with Crippen molar-refractivity contribution in [2.24, 2.45) is 5.92 Å². The second-order valence-corrected chi connectivity index (χ2v) is 3.74. The molecule has 3 atom stereocenters. The number of nitriles is 1. The summed E-state index contributed by atoms with van der Waals surface area (Å²) in [6.07, 6.45) is -4.72. The standard InChI is InChI=1S/C9H10F3N3O2/c10-9(11,12)7-2-5(8(17)15-7)1-6(3-13)14-4-16/h4-7H,1-2H2,(H,14,16)(H,15,17)/t5-,6+,7?/m1/s1. The summed E-state index contributed by atoms with van der Waals surface area (Å²) in [6.45, 7) is 0. The van der Waals surface area contributed by atoms with E-state index >= 15 is 0 Å². The molecular weight excluding hydrogens is 239 g/mol. The van der Waals surface area contributed by atoms with Gasteiger partial charge in [-0.1, -0.05) is 0 Å². The number of carbonyl (C=O) groups excluding carboxylic acids is 2. The topological polar surface area (TPSA) is 82.0 Å². The van der Waals surface area contributed by atoms with E-state index in [1.54, 1.807) is 6.07 Å². The first kappa shape index (κ1) is 13.3. The maximum Gasteiger partial charge on any atom is 0.408 e. The summed E-state index contributed by atoms with van der Waals surface area (Å²) in [5.41, 5.74) is 0. The first-order chi connectivity index (χ1) is 7.88. The zero-order valence-electron chi connectivity index (χ0n) is 8.62. The number of carbonyl (C=O) groups is 2. The molecule has 2 amide bonds. The Morgan fingerprint density at radius 1 is 1.65 bits per heavy atom. The van der Waals surface area contributed by atoms with Crippen molar-refractivity contribution in [3.8, 4) is 6.07 Å². The van der Waals surface area contributed by atoms with Crippen molar-refractivity contribution in [2.45, 2.75) is 31.1 Å². The van der Waals surface area contributed by atoms with Gasteiger partial charge >= 0.3 is 6.18 Å². The van der Waals surface area contributed by atoms with E-state index < -0.39 is 36.5 Å². The van der Waals surface area contributed by atoms with Gasteiger partial charge in [0.15, 0.2) is 0 Å². The van der Waals surface area contributed by atoms with Gasteiger partial charge in [0.2, 0.25) is 12.3 Å². The first-order valence-electron chi connectivity index (χ1n) is 4.85. The Morgan fingerprint density at radius 2 is 2.29 bits per heavy atom. The molecule has 1 rings (SSSR count). The van der Waals surface area contributed by atoms with Gasteiger partial charge in [-0.3, -0.25) is 9.59 Å². The van der Waals surface area contributed by atoms with Crippen molar-refractivity contribution in [1.82, 2.24) is 10.6 Å². The predicted molar refractivity (Wildman–Crippen MR) is 49.3 cm³/mol. The van der Waals surface area contributed by atoms with E-state index in [2.05, 4.69) is 5.32 Å². The number of nitrogens with one attached hydrogen (secondary N) is 2. The van der Waals surface area contributed by atoms with Gasteiger partial charge in [0.25, 0.3) is 0 Å². The van der Waals surface area contributed by atoms with Crippen molar-refractivity contribution in [3.63, 3.8) is 0 Å². The van der Waals surface area contributed by atoms with E-state index in [4.69, 9.17) is 5.26 Å². The SMILES string of the molecule is N#C[C@H](C[C@@H]1CC(C(F)(F)F)NC1=O)NC=O. The molecule has 5 nitrogen and oxygen atoms in total. The van der Waals surface area contributed by atoms with Crippen LogP contribution in [0.15, 0.2) is 0 Å². The number of hydrogen-bond acceptors (Lipinski definition) is 3. The number of rotatable bonds is 4. The fourth-order valence-corrected chi connectivity index (χ4v) is 1.68. The molecule has 94 valence electrons. The van der Waals surface area contributed by atoms with Crippen LogP contribution in [-0.4, -0.2) is 30.6 Å². The van der Waals surface area contributed by atoms with Gasteiger partial charge in [-0.15, -0.1) is 0 Å². The molecule has 0 radical (unpaired) electrons. The highest BCUT2D eigenvalue weighted by Crippen LogP contribution is 2.31. The van der Waals surface area contributed by atoms with Gasteiger partial charge < -0.3 is 10.6 Å². The molecule has 0 aromatic rings. The van der Waals surface area contributed by atoms with E-state index in [9.17, 15) is 22.8 Å². The van der Waals surface area contributed by atoms with E-state index in [-0.39, 0.29) is 12.8 Å². The Morgan fingerprint density at radius 3 is 2.71 bits per heavy atom. The van der Waals surface area contributed by atoms with E-state index in [1.165, 1.54) is 0 Å². The highest BCUT2D eigenvalue weighted by Gasteiger charge is 2.48. The van der Waals surface area contributed by atoms with Crippen LogP contribution in [-0.2, 0) is 9.59 Å². The molecule has 1 unspecified atom stereocenters. The minimum atomic E-state index is -4.48. The van der Waals surface area contributed by atoms with Crippen molar-refractivity contribution in [2.75, 3.05) is 0 Å². The normalized spacial score (nSPS) is 25.9. The molecule has 17 heavy (non-hydrogen) atoms. The van der Waals surface area contributed by atoms with Gasteiger partial charge in [-0.2, -0.15) is 18.4 Å². The summed E-state index contributed by atoms with van der Waals surface area (Å²) in [4.78, 5) is 21.4. The van der Waals surface area contributed by atoms with Gasteiger partial charge in [-0.05, 0) is 12.8 Å². The Labute approximate surface area is 95.0 Å². The third kappa shape index (κ3) is 3.34. The monoisotopic (exact) mass is 249 g/mol. The summed E-state index contributed by atoms with van der Waals surface area (Å²) >= 11 is 0. The second-order valence-electron chi connectivity index (χ2n) is 3.74. The lowest BCUT2D eigenvalue weighted by atomic mass is 9.97. The maximum absolute atomic E-state index is 12.3. The third-order valence-electron chi connectivity index (χ3n) is 2.55. The van der Waals surface area contributed by atoms with Crippen LogP contribution in [0.1, 0.15) is 12.8 Å². The first-order valence-corrected chi connectivity index (χ1v) is 4.85. The molecule has 0 spiro atoms. The largest absolute Gasteiger partial charge is 0.408 e. The maximum atomic E-state index is 12.3. The van der Waals surface area contributed by atoms with Crippen LogP contribution in [0, 0.1) is 17.2 Å². The lowest BCUT2D eigenvalue weighted by Crippen LogP contribution is -2.38. The highest BCUT2D eigenvalue weighted by atomic mass is 19.4. The summed E-state index contributed by atoms with van der Waals surface area (Å²) in [7, 11) is 0. The van der Waals surface area contributed by atoms with Crippen LogP contribution >= 0.6 is 0 Å². The summed E-state index contributed by atoms with van der Waals surface area (Å²) in [6, 6.07) is -1.11. The molecular formula is C9H10F3N3O2. The van der Waals surface area contributed by atoms with Crippen molar-refractivity contribution >= 4 is 12.3 Å². The molecule has 2 N–H and O–H groups in total. The number of halogens is 3. The van der Waals surface area contributed by atoms with Gasteiger partial charge in [0.1, 0.15) is 12.1 Å². The minimum absolute atomic E-state index is 0.117. The van der Waals surface area contributed by atoms with Crippen LogP contribution in [0.5, 0.6) is 0 Å². The van der Waals surface area contributed by atoms with Crippen LogP contribution in [0.2, 0.25) is 0 Å². The van der Waals surface area contributed by atoms with E-state index in [0.717, 1.165) is 0 Å². The molecule has 0 aliphatic carbocycles. The second kappa shape index (κ2) is 5.03. The molecule has 1 fully saturated rings. The van der Waals surface area contributed by atoms with E-state index in [0.29, 0.717) is 0 Å². The average Bonchev–Trinajstić information content (AvgIpc) is 2.59. The van der Waals surface area contributed by atoms with Crippen molar-refractivity contribution in [3.05, 3.63) is 0 Å². The summed E-state index contributed by atoms with van der Waals surface area (Å²) in [5.74, 6) is -1.64. The Bertz CT molecular complexity index is 350. The quantitative estimate of drug-likeness (QED) is 0.692. The number of hydrogen-bond donors (Lipinski definition) is 2. The molecule has 1 aliphatic rings. The Balaban J connectivity index is 2.60. The van der Waals surface area contributed by atoms with Gasteiger partial charge in [-0.25, -0.2) is 0 Å². The smallest absolute Gasteiger partial charge is 0.344 e. The zero-order valence-corrected chi connectivity index (χ0v) is 8.62. The molecule has 8 heteroatoms. The van der Waals surface area contributed by atoms with Gasteiger partial charge in [0, 0.05) is 5.92 Å². The third-order valence-corrected chi connectivity index (χ3v) is 2.55. The zero-order chi connectivity index (χ0) is 13.1. The average molecular weight is 249 g/mol. The van der Waals surface area contributed by atoms with Crippen LogP contribution in [0.4, 0.5) is 13.2 Å². The van der Waals surface area contributed by atoms with Crippen molar-refractivity contribution < 1.29 is 22.8 Å². The van der Waals surface area contributed by atoms with Crippen LogP contribution in [0.3, 0.4) is 0 Å². The van der Waals surface area contributed by atoms with Crippen LogP contribution < -0.4 is 10.6 Å². The molecule has 0 aromatic carbocycles. The molecule has 0 saturated carbocycles. The predicted octanol–water partition coefficient (Wildman–Crippen LogP) is 0.0817. The fourth-order valence-electron chi connectivity index (χ4n) is 1.68. The molecule has 0 aromatic heterocycles. The van der Waals surface area contributed by atoms with Crippen molar-refractivity contribution in [1.29, 1.82) is 5.26 Å². The number of alkyl halides is 3. The summed E-state index contributed by atoms with van der Waals surface area (Å²) < 4.78 is 37.0. The lowest BCUT2D eigenvalue weighted by Gasteiger charge is -2.14. The number of nitrogens with zero attached hydrogens (tertiary/aromatic N) is 1. The van der Waals surface area contributed by atoms with E-state index in [1.807, 2.05) is 5.32 Å². The van der Waals surface area contributed by atoms with Gasteiger partial charge in [0.05, 0.1) is 6.07 Å². The van der Waals surface area contributed by atoms with Crippen LogP contribution in [0.25, 0.3) is 0 Å². The lowest BCUT2D eigenvalue weighted by molar-refractivity contribution is -0.155. The molecule has 1 aliphatic heterocycles. The summed E-state index contributed by atoms with van der Waals surface area (Å²) in [5, 5.41) is 12.6. The number of amides is 2. The fraction of sp³-hybridized carbons (Fsp3) is 0.667. The molecule has 1 heterocycles. The Kier molecular flexibility index (Phi) is 3.93. The highest BCUT2D eigenvalue weighted by molar-refractivity contribution is 5.81. The molecule has 1 saturated heterocycles.